The zero-order chi connectivity index (χ0) is 11.1. The summed E-state index contributed by atoms with van der Waals surface area (Å²) in [5, 5.41) is 0. The Morgan fingerprint density at radius 2 is 2.07 bits per heavy atom. The van der Waals surface area contributed by atoms with Crippen molar-refractivity contribution in [3.05, 3.63) is 24.0 Å². The molecule has 0 saturated carbocycles. The molecule has 1 aromatic carbocycles. The van der Waals surface area contributed by atoms with Crippen LogP contribution in [0.4, 0.5) is 13.2 Å². The molecule has 15 heavy (non-hydrogen) atoms. The van der Waals surface area contributed by atoms with Gasteiger partial charge in [0.2, 0.25) is 5.82 Å². The van der Waals surface area contributed by atoms with E-state index in [-0.39, 0.29) is 5.52 Å². The number of alkyl halides is 3. The average molecular weight is 216 g/mol. The van der Waals surface area contributed by atoms with Crippen molar-refractivity contribution >= 4 is 11.0 Å². The van der Waals surface area contributed by atoms with Crippen molar-refractivity contribution in [3.63, 3.8) is 0 Å². The second-order valence-electron chi connectivity index (χ2n) is 2.94. The van der Waals surface area contributed by atoms with Crippen LogP contribution in [0.15, 0.2) is 18.2 Å². The highest BCUT2D eigenvalue weighted by Gasteiger charge is 2.35. The van der Waals surface area contributed by atoms with Gasteiger partial charge in [0.15, 0.2) is 0 Å². The summed E-state index contributed by atoms with van der Waals surface area (Å²) in [7, 11) is 1.39. The first kappa shape index (κ1) is 9.82. The van der Waals surface area contributed by atoms with E-state index in [1.54, 1.807) is 12.1 Å². The highest BCUT2D eigenvalue weighted by atomic mass is 19.4. The van der Waals surface area contributed by atoms with Crippen LogP contribution in [-0.4, -0.2) is 17.1 Å². The second kappa shape index (κ2) is 3.15. The van der Waals surface area contributed by atoms with Crippen molar-refractivity contribution in [1.29, 1.82) is 0 Å². The van der Waals surface area contributed by atoms with Crippen molar-refractivity contribution in [2.45, 2.75) is 6.18 Å². The molecular formula is C9H7F3N2O. The quantitative estimate of drug-likeness (QED) is 0.795. The first-order chi connectivity index (χ1) is 7.02. The lowest BCUT2D eigenvalue weighted by Crippen LogP contribution is -2.06. The Hall–Kier alpha value is -1.72. The first-order valence-electron chi connectivity index (χ1n) is 4.12. The van der Waals surface area contributed by atoms with E-state index in [4.69, 9.17) is 4.74 Å². The number of nitrogens with one attached hydrogen (secondary N) is 1. The van der Waals surface area contributed by atoms with E-state index in [2.05, 4.69) is 9.97 Å². The smallest absolute Gasteiger partial charge is 0.449 e. The number of rotatable bonds is 1. The lowest BCUT2D eigenvalue weighted by atomic mass is 10.3. The Morgan fingerprint density at radius 3 is 2.67 bits per heavy atom. The van der Waals surface area contributed by atoms with Gasteiger partial charge in [0, 0.05) is 0 Å². The molecule has 0 atom stereocenters. The number of benzene rings is 1. The fourth-order valence-electron chi connectivity index (χ4n) is 1.30. The highest BCUT2D eigenvalue weighted by molar-refractivity contribution is 5.81. The van der Waals surface area contributed by atoms with Gasteiger partial charge in [-0.25, -0.2) is 4.98 Å². The van der Waals surface area contributed by atoms with E-state index in [1.807, 2.05) is 0 Å². The van der Waals surface area contributed by atoms with Crippen LogP contribution in [-0.2, 0) is 6.18 Å². The van der Waals surface area contributed by atoms with E-state index in [1.165, 1.54) is 13.2 Å². The standard InChI is InChI=1S/C9H7F3N2O/c1-15-6-4-2-3-5-7(6)14-8(13-5)9(10,11)12/h2-4H,1H3,(H,13,14). The van der Waals surface area contributed by atoms with Gasteiger partial charge >= 0.3 is 6.18 Å². The number of hydrogen-bond donors (Lipinski definition) is 1. The number of para-hydroxylation sites is 1. The van der Waals surface area contributed by atoms with E-state index in [9.17, 15) is 13.2 Å². The summed E-state index contributed by atoms with van der Waals surface area (Å²) in [5.74, 6) is -0.693. The largest absolute Gasteiger partial charge is 0.494 e. The number of imidazole rings is 1. The predicted octanol–water partition coefficient (Wildman–Crippen LogP) is 2.59. The first-order valence-corrected chi connectivity index (χ1v) is 4.12. The Bertz CT molecular complexity index is 490. The van der Waals surface area contributed by atoms with Gasteiger partial charge in [-0.05, 0) is 12.1 Å². The van der Waals surface area contributed by atoms with Crippen LogP contribution >= 0.6 is 0 Å². The third-order valence-corrected chi connectivity index (χ3v) is 1.96. The molecule has 3 nitrogen and oxygen atoms in total. The topological polar surface area (TPSA) is 37.9 Å². The second-order valence-corrected chi connectivity index (χ2v) is 2.94. The fraction of sp³-hybridized carbons (Fsp3) is 0.222. The number of H-pyrrole nitrogens is 1. The molecule has 0 unspecified atom stereocenters. The maximum absolute atomic E-state index is 12.3. The van der Waals surface area contributed by atoms with Gasteiger partial charge in [0.1, 0.15) is 11.3 Å². The molecule has 0 aliphatic carbocycles. The molecule has 2 aromatic rings. The Kier molecular flexibility index (Phi) is 2.06. The molecule has 0 spiro atoms. The van der Waals surface area contributed by atoms with Crippen LogP contribution in [0.1, 0.15) is 5.82 Å². The summed E-state index contributed by atoms with van der Waals surface area (Å²) < 4.78 is 41.9. The predicted molar refractivity (Wildman–Crippen MR) is 47.6 cm³/mol. The summed E-state index contributed by atoms with van der Waals surface area (Å²) >= 11 is 0. The third-order valence-electron chi connectivity index (χ3n) is 1.96. The van der Waals surface area contributed by atoms with Gasteiger partial charge in [-0.1, -0.05) is 6.07 Å². The zero-order valence-corrected chi connectivity index (χ0v) is 7.72. The van der Waals surface area contributed by atoms with Crippen molar-refractivity contribution in [1.82, 2.24) is 9.97 Å². The molecule has 2 rings (SSSR count). The van der Waals surface area contributed by atoms with Crippen LogP contribution in [0.25, 0.3) is 11.0 Å². The lowest BCUT2D eigenvalue weighted by Gasteiger charge is -1.99. The molecule has 0 fully saturated rings. The van der Waals surface area contributed by atoms with E-state index in [0.717, 1.165) is 0 Å². The minimum atomic E-state index is -4.47. The van der Waals surface area contributed by atoms with Crippen LogP contribution in [0.5, 0.6) is 5.75 Å². The number of hydrogen-bond acceptors (Lipinski definition) is 2. The van der Waals surface area contributed by atoms with Crippen molar-refractivity contribution < 1.29 is 17.9 Å². The van der Waals surface area contributed by atoms with Gasteiger partial charge in [0.05, 0.1) is 12.6 Å². The van der Waals surface area contributed by atoms with Crippen LogP contribution in [0.3, 0.4) is 0 Å². The van der Waals surface area contributed by atoms with Gasteiger partial charge < -0.3 is 9.72 Å². The molecule has 1 heterocycles. The summed E-state index contributed by atoms with van der Waals surface area (Å²) in [6, 6.07) is 4.67. The molecule has 80 valence electrons. The maximum atomic E-state index is 12.3. The lowest BCUT2D eigenvalue weighted by molar-refractivity contribution is -0.144. The SMILES string of the molecule is COc1cccc2[nH]c(C(F)(F)F)nc12. The van der Waals surface area contributed by atoms with Gasteiger partial charge in [-0.3, -0.25) is 0 Å². The minimum absolute atomic E-state index is 0.187. The Labute approximate surface area is 82.9 Å². The van der Waals surface area contributed by atoms with E-state index in [0.29, 0.717) is 11.3 Å². The third kappa shape index (κ3) is 1.62. The number of aromatic nitrogens is 2. The molecule has 0 saturated heterocycles. The summed E-state index contributed by atoms with van der Waals surface area (Å²) in [5.41, 5.74) is 0.494. The number of nitrogens with zero attached hydrogens (tertiary/aromatic N) is 1. The molecule has 0 aliphatic rings. The highest BCUT2D eigenvalue weighted by Crippen LogP contribution is 2.31. The molecule has 1 aromatic heterocycles. The zero-order valence-electron chi connectivity index (χ0n) is 7.72. The summed E-state index contributed by atoms with van der Waals surface area (Å²) in [6.07, 6.45) is -4.47. The number of aromatic amines is 1. The average Bonchev–Trinajstić information content (AvgIpc) is 2.59. The molecule has 6 heteroatoms. The normalized spacial score (nSPS) is 12.0. The van der Waals surface area contributed by atoms with E-state index >= 15 is 0 Å². The van der Waals surface area contributed by atoms with Crippen molar-refractivity contribution in [2.75, 3.05) is 7.11 Å². The molecule has 1 N–H and O–H groups in total. The maximum Gasteiger partial charge on any atom is 0.449 e. The fourth-order valence-corrected chi connectivity index (χ4v) is 1.30. The van der Waals surface area contributed by atoms with Crippen LogP contribution < -0.4 is 4.74 Å². The van der Waals surface area contributed by atoms with Crippen molar-refractivity contribution in [2.24, 2.45) is 0 Å². The van der Waals surface area contributed by atoms with Gasteiger partial charge in [-0.15, -0.1) is 0 Å². The minimum Gasteiger partial charge on any atom is -0.494 e. The van der Waals surface area contributed by atoms with Crippen molar-refractivity contribution in [3.8, 4) is 5.75 Å². The molecule has 0 aliphatic heterocycles. The Balaban J connectivity index is 2.65. The monoisotopic (exact) mass is 216 g/mol. The number of halogens is 3. The van der Waals surface area contributed by atoms with Gasteiger partial charge in [0.25, 0.3) is 0 Å². The van der Waals surface area contributed by atoms with Crippen LogP contribution in [0, 0.1) is 0 Å². The molecular weight excluding hydrogens is 209 g/mol. The van der Waals surface area contributed by atoms with Gasteiger partial charge in [-0.2, -0.15) is 13.2 Å². The summed E-state index contributed by atoms with van der Waals surface area (Å²) in [6.45, 7) is 0. The Morgan fingerprint density at radius 1 is 1.33 bits per heavy atom. The molecule has 0 bridgehead atoms. The molecule has 0 amide bonds. The number of fused-ring (bicyclic) bond motifs is 1. The molecule has 0 radical (unpaired) electrons. The van der Waals surface area contributed by atoms with E-state index < -0.39 is 12.0 Å². The number of methoxy groups -OCH3 is 1. The number of ether oxygens (including phenoxy) is 1. The van der Waals surface area contributed by atoms with Crippen LogP contribution in [0.2, 0.25) is 0 Å². The summed E-state index contributed by atoms with van der Waals surface area (Å²) in [4.78, 5) is 5.64.